The Bertz CT molecular complexity index is 487. The average molecular weight is 391 g/mol. The monoisotopic (exact) mass is 390 g/mol. The second-order valence-corrected chi connectivity index (χ2v) is 6.20. The molecule has 0 aromatic heterocycles. The van der Waals surface area contributed by atoms with E-state index in [1.54, 1.807) is 12.2 Å². The lowest BCUT2D eigenvalue weighted by molar-refractivity contribution is -0.168. The van der Waals surface area contributed by atoms with Gasteiger partial charge in [-0.1, -0.05) is 27.6 Å². The lowest BCUT2D eigenvalue weighted by atomic mass is 9.80. The molecular formula is C16H23BrO6. The number of methoxy groups -OCH3 is 2. The Kier molecular flexibility index (Phi) is 9.48. The number of hydrogen-bond donors (Lipinski definition) is 0. The van der Waals surface area contributed by atoms with Crippen LogP contribution in [0.3, 0.4) is 0 Å². The lowest BCUT2D eigenvalue weighted by Crippen LogP contribution is -2.41. The molecular weight excluding hydrogens is 368 g/mol. The second-order valence-electron chi connectivity index (χ2n) is 5.18. The average Bonchev–Trinajstić information content (AvgIpc) is 2.49. The van der Waals surface area contributed by atoms with Gasteiger partial charge in [-0.15, -0.1) is 0 Å². The van der Waals surface area contributed by atoms with Crippen LogP contribution in [0, 0.1) is 5.41 Å². The number of hydrogen-bond acceptors (Lipinski definition) is 6. The van der Waals surface area contributed by atoms with Crippen molar-refractivity contribution < 1.29 is 28.6 Å². The zero-order chi connectivity index (χ0) is 18.0. The van der Waals surface area contributed by atoms with Crippen LogP contribution in [-0.4, -0.2) is 38.7 Å². The van der Waals surface area contributed by atoms with Crippen molar-refractivity contribution in [3.8, 4) is 0 Å². The molecule has 0 saturated carbocycles. The molecule has 0 heterocycles. The topological polar surface area (TPSA) is 78.9 Å². The van der Waals surface area contributed by atoms with E-state index in [1.807, 2.05) is 13.8 Å². The van der Waals surface area contributed by atoms with E-state index in [1.165, 1.54) is 21.1 Å². The van der Waals surface area contributed by atoms with Crippen LogP contribution in [0.25, 0.3) is 0 Å². The van der Waals surface area contributed by atoms with E-state index in [2.05, 4.69) is 15.9 Å². The Balaban J connectivity index is 5.53. The van der Waals surface area contributed by atoms with Gasteiger partial charge < -0.3 is 14.2 Å². The van der Waals surface area contributed by atoms with Gasteiger partial charge in [-0.3, -0.25) is 14.4 Å². The van der Waals surface area contributed by atoms with E-state index < -0.39 is 23.3 Å². The zero-order valence-electron chi connectivity index (χ0n) is 14.1. The number of carbonyl (C=O) groups excluding carboxylic acids is 3. The predicted octanol–water partition coefficient (Wildman–Crippen LogP) is 2.91. The van der Waals surface area contributed by atoms with Crippen molar-refractivity contribution in [2.75, 3.05) is 20.8 Å². The summed E-state index contributed by atoms with van der Waals surface area (Å²) in [7, 11) is 2.44. The summed E-state index contributed by atoms with van der Waals surface area (Å²) in [6, 6.07) is 0. The van der Waals surface area contributed by atoms with Gasteiger partial charge in [0, 0.05) is 13.3 Å². The minimum absolute atomic E-state index is 0.0387. The molecule has 0 rings (SSSR count). The largest absolute Gasteiger partial charge is 0.468 e. The third-order valence-corrected chi connectivity index (χ3v) is 3.68. The van der Waals surface area contributed by atoms with Crippen LogP contribution in [0.5, 0.6) is 0 Å². The highest BCUT2D eigenvalue weighted by Crippen LogP contribution is 2.36. The summed E-state index contributed by atoms with van der Waals surface area (Å²) in [5, 5.41) is 0. The molecule has 0 aliphatic heterocycles. The molecule has 6 nitrogen and oxygen atoms in total. The molecule has 0 atom stereocenters. The summed E-state index contributed by atoms with van der Waals surface area (Å²) in [5.74, 6) is -1.78. The van der Waals surface area contributed by atoms with Crippen molar-refractivity contribution in [2.45, 2.75) is 33.6 Å². The summed E-state index contributed by atoms with van der Waals surface area (Å²) in [5.41, 5.74) is -0.533. The fourth-order valence-corrected chi connectivity index (χ4v) is 2.46. The number of esters is 3. The van der Waals surface area contributed by atoms with E-state index >= 15 is 0 Å². The minimum Gasteiger partial charge on any atom is -0.468 e. The Morgan fingerprint density at radius 1 is 1.00 bits per heavy atom. The molecule has 0 aliphatic carbocycles. The van der Waals surface area contributed by atoms with Gasteiger partial charge in [0.05, 0.1) is 14.2 Å². The first kappa shape index (κ1) is 21.4. The third kappa shape index (κ3) is 6.99. The Morgan fingerprint density at radius 3 is 1.91 bits per heavy atom. The van der Waals surface area contributed by atoms with Gasteiger partial charge in [-0.2, -0.15) is 0 Å². The first-order valence-electron chi connectivity index (χ1n) is 6.97. The molecule has 0 radical (unpaired) electrons. The van der Waals surface area contributed by atoms with E-state index in [0.717, 1.165) is 5.57 Å². The smallest absolute Gasteiger partial charge is 0.323 e. The Labute approximate surface area is 145 Å². The van der Waals surface area contributed by atoms with Gasteiger partial charge in [0.2, 0.25) is 0 Å². The van der Waals surface area contributed by atoms with Gasteiger partial charge in [-0.25, -0.2) is 0 Å². The third-order valence-electron chi connectivity index (χ3n) is 3.07. The van der Waals surface area contributed by atoms with Crippen LogP contribution < -0.4 is 0 Å². The van der Waals surface area contributed by atoms with Gasteiger partial charge in [0.15, 0.2) is 5.41 Å². The fraction of sp³-hybridized carbons (Fsp3) is 0.562. The van der Waals surface area contributed by atoms with Gasteiger partial charge in [-0.05, 0) is 30.8 Å². The van der Waals surface area contributed by atoms with Gasteiger partial charge in [0.1, 0.15) is 6.61 Å². The van der Waals surface area contributed by atoms with Crippen molar-refractivity contribution in [3.63, 3.8) is 0 Å². The number of allylic oxidation sites excluding steroid dienone is 3. The molecule has 0 aromatic rings. The van der Waals surface area contributed by atoms with E-state index in [9.17, 15) is 14.4 Å². The number of halogens is 1. The zero-order valence-corrected chi connectivity index (χ0v) is 15.7. The molecule has 0 N–H and O–H groups in total. The fourth-order valence-electron chi connectivity index (χ4n) is 1.85. The van der Waals surface area contributed by atoms with E-state index in [-0.39, 0.29) is 19.4 Å². The van der Waals surface area contributed by atoms with Crippen molar-refractivity contribution in [3.05, 3.63) is 22.2 Å². The Hall–Kier alpha value is -1.63. The SMILES string of the molecule is COC(=O)C(CC=C(C)C)(C/C(Br)=C/COC(C)=O)C(=O)OC. The normalized spacial score (nSPS) is 11.5. The highest BCUT2D eigenvalue weighted by atomic mass is 79.9. The summed E-state index contributed by atoms with van der Waals surface area (Å²) < 4.78 is 15.0. The van der Waals surface area contributed by atoms with Crippen LogP contribution in [0.4, 0.5) is 0 Å². The molecule has 0 bridgehead atoms. The highest BCUT2D eigenvalue weighted by Gasteiger charge is 2.47. The van der Waals surface area contributed by atoms with E-state index in [0.29, 0.717) is 4.48 Å². The first-order valence-corrected chi connectivity index (χ1v) is 7.77. The molecule has 0 unspecified atom stereocenters. The maximum atomic E-state index is 12.3. The second kappa shape index (κ2) is 10.2. The van der Waals surface area contributed by atoms with E-state index in [4.69, 9.17) is 14.2 Å². The van der Waals surface area contributed by atoms with Gasteiger partial charge >= 0.3 is 17.9 Å². The molecule has 7 heteroatoms. The summed E-state index contributed by atoms with van der Waals surface area (Å²) >= 11 is 3.30. The molecule has 0 saturated heterocycles. The maximum Gasteiger partial charge on any atom is 0.323 e. The maximum absolute atomic E-state index is 12.3. The first-order chi connectivity index (χ1) is 10.7. The molecule has 0 fully saturated rings. The number of rotatable bonds is 8. The van der Waals surface area contributed by atoms with Crippen LogP contribution in [0.15, 0.2) is 22.2 Å². The summed E-state index contributed by atoms with van der Waals surface area (Å²) in [6.07, 6.45) is 3.54. The minimum atomic E-state index is -1.49. The van der Waals surface area contributed by atoms with Gasteiger partial charge in [0.25, 0.3) is 0 Å². The molecule has 130 valence electrons. The lowest BCUT2D eigenvalue weighted by Gasteiger charge is -2.27. The molecule has 0 amide bonds. The van der Waals surface area contributed by atoms with Crippen LogP contribution in [0.2, 0.25) is 0 Å². The number of ether oxygens (including phenoxy) is 3. The standard InChI is InChI=1S/C16H23BrO6/c1-11(2)6-8-16(14(19)21-4,15(20)22-5)10-13(17)7-9-23-12(3)18/h6-7H,8-10H2,1-5H3/b13-7-. The molecule has 23 heavy (non-hydrogen) atoms. The molecule has 0 spiro atoms. The molecule has 0 aromatic carbocycles. The Morgan fingerprint density at radius 2 is 1.52 bits per heavy atom. The van der Waals surface area contributed by atoms with Crippen LogP contribution in [-0.2, 0) is 28.6 Å². The predicted molar refractivity (Wildman–Crippen MR) is 88.8 cm³/mol. The highest BCUT2D eigenvalue weighted by molar-refractivity contribution is 9.11. The van der Waals surface area contributed by atoms with Crippen molar-refractivity contribution in [1.82, 2.24) is 0 Å². The van der Waals surface area contributed by atoms with Crippen LogP contribution in [0.1, 0.15) is 33.6 Å². The quantitative estimate of drug-likeness (QED) is 0.274. The molecule has 0 aliphatic rings. The van der Waals surface area contributed by atoms with Crippen molar-refractivity contribution in [2.24, 2.45) is 5.41 Å². The summed E-state index contributed by atoms with van der Waals surface area (Å²) in [6.45, 7) is 5.07. The number of carbonyl (C=O) groups is 3. The summed E-state index contributed by atoms with van der Waals surface area (Å²) in [4.78, 5) is 35.3. The van der Waals surface area contributed by atoms with Crippen LogP contribution >= 0.6 is 15.9 Å². The van der Waals surface area contributed by atoms with Crippen molar-refractivity contribution >= 4 is 33.8 Å². The van der Waals surface area contributed by atoms with Crippen molar-refractivity contribution in [1.29, 1.82) is 0 Å².